The number of likely N-dealkylation sites (tertiary alicyclic amines) is 1. The first kappa shape index (κ1) is 15.8. The summed E-state index contributed by atoms with van der Waals surface area (Å²) < 4.78 is 0. The number of carbonyl (C=O) groups is 2. The van der Waals surface area contributed by atoms with Gasteiger partial charge >= 0.3 is 12.0 Å². The zero-order chi connectivity index (χ0) is 14.4. The zero-order valence-corrected chi connectivity index (χ0v) is 12.2. The van der Waals surface area contributed by atoms with Crippen LogP contribution in [0.3, 0.4) is 0 Å². The van der Waals surface area contributed by atoms with E-state index in [2.05, 4.69) is 12.2 Å². The van der Waals surface area contributed by atoms with E-state index >= 15 is 0 Å². The van der Waals surface area contributed by atoms with E-state index in [0.29, 0.717) is 0 Å². The van der Waals surface area contributed by atoms with Crippen molar-refractivity contribution in [2.75, 3.05) is 6.54 Å². The molecule has 0 radical (unpaired) electrons. The van der Waals surface area contributed by atoms with Gasteiger partial charge in [0.2, 0.25) is 0 Å². The lowest BCUT2D eigenvalue weighted by Gasteiger charge is -2.31. The highest BCUT2D eigenvalue weighted by atomic mass is 16.4. The zero-order valence-electron chi connectivity index (χ0n) is 12.2. The number of aliphatic carboxylic acids is 1. The van der Waals surface area contributed by atoms with E-state index < -0.39 is 12.0 Å². The Morgan fingerprint density at radius 3 is 2.53 bits per heavy atom. The molecule has 2 amide bonds. The molecule has 5 nitrogen and oxygen atoms in total. The predicted molar refractivity (Wildman–Crippen MR) is 74.0 cm³/mol. The second-order valence-electron chi connectivity index (χ2n) is 5.61. The summed E-state index contributed by atoms with van der Waals surface area (Å²) in [7, 11) is 0. The van der Waals surface area contributed by atoms with Crippen molar-refractivity contribution < 1.29 is 14.7 Å². The average Bonchev–Trinajstić information content (AvgIpc) is 2.59. The van der Waals surface area contributed by atoms with Gasteiger partial charge in [-0.1, -0.05) is 33.6 Å². The van der Waals surface area contributed by atoms with Crippen LogP contribution in [-0.4, -0.2) is 40.6 Å². The predicted octanol–water partition coefficient (Wildman–Crippen LogP) is 2.46. The van der Waals surface area contributed by atoms with Crippen molar-refractivity contribution in [1.29, 1.82) is 0 Å². The van der Waals surface area contributed by atoms with Crippen LogP contribution in [-0.2, 0) is 4.79 Å². The number of nitrogens with one attached hydrogen (secondary N) is 1. The number of carboxylic acids is 1. The Bertz CT molecular complexity index is 318. The normalized spacial score (nSPS) is 21.9. The van der Waals surface area contributed by atoms with Crippen molar-refractivity contribution in [3.8, 4) is 0 Å². The molecule has 2 N–H and O–H groups in total. The number of hydrogen-bond donors (Lipinski definition) is 2. The second kappa shape index (κ2) is 7.36. The summed E-state index contributed by atoms with van der Waals surface area (Å²) in [5.74, 6) is -1.08. The molecule has 0 bridgehead atoms. The third-order valence-electron chi connectivity index (χ3n) is 3.82. The van der Waals surface area contributed by atoms with Crippen LogP contribution in [0.2, 0.25) is 0 Å². The minimum Gasteiger partial charge on any atom is -0.480 e. The molecule has 0 saturated carbocycles. The van der Waals surface area contributed by atoms with Crippen LogP contribution < -0.4 is 5.32 Å². The number of carboxylic acid groups (broad SMARTS) is 1. The van der Waals surface area contributed by atoms with Gasteiger partial charge in [-0.2, -0.15) is 0 Å². The van der Waals surface area contributed by atoms with E-state index in [-0.39, 0.29) is 18.0 Å². The average molecular weight is 270 g/mol. The van der Waals surface area contributed by atoms with Crippen LogP contribution in [0.15, 0.2) is 0 Å². The summed E-state index contributed by atoms with van der Waals surface area (Å²) >= 11 is 0. The number of amides is 2. The first-order valence-electron chi connectivity index (χ1n) is 7.27. The van der Waals surface area contributed by atoms with Crippen LogP contribution in [0.1, 0.15) is 52.9 Å². The molecule has 1 saturated heterocycles. The van der Waals surface area contributed by atoms with Crippen molar-refractivity contribution in [2.24, 2.45) is 5.92 Å². The maximum Gasteiger partial charge on any atom is 0.326 e. The molecule has 2 unspecified atom stereocenters. The maximum atomic E-state index is 12.3. The van der Waals surface area contributed by atoms with E-state index in [1.54, 1.807) is 13.8 Å². The summed E-state index contributed by atoms with van der Waals surface area (Å²) in [5.41, 5.74) is 0. The maximum absolute atomic E-state index is 12.3. The standard InChI is InChI=1S/C14H26N2O3/c1-4-11-8-6-5-7-9-16(11)14(19)15-12(10(2)3)13(17)18/h10-12H,4-9H2,1-3H3,(H,15,19)(H,17,18). The van der Waals surface area contributed by atoms with Crippen LogP contribution in [0, 0.1) is 5.92 Å². The first-order valence-corrected chi connectivity index (χ1v) is 7.27. The van der Waals surface area contributed by atoms with E-state index in [1.165, 1.54) is 0 Å². The lowest BCUT2D eigenvalue weighted by atomic mass is 10.0. The van der Waals surface area contributed by atoms with Gasteiger partial charge in [0.1, 0.15) is 6.04 Å². The van der Waals surface area contributed by atoms with Gasteiger partial charge in [0.05, 0.1) is 0 Å². The lowest BCUT2D eigenvalue weighted by molar-refractivity contribution is -0.140. The van der Waals surface area contributed by atoms with Crippen LogP contribution in [0.25, 0.3) is 0 Å². The molecule has 19 heavy (non-hydrogen) atoms. The van der Waals surface area contributed by atoms with Crippen LogP contribution >= 0.6 is 0 Å². The summed E-state index contributed by atoms with van der Waals surface area (Å²) in [4.78, 5) is 25.3. The van der Waals surface area contributed by atoms with Crippen molar-refractivity contribution in [3.05, 3.63) is 0 Å². The molecule has 1 fully saturated rings. The molecule has 0 aliphatic carbocycles. The molecule has 0 aromatic rings. The van der Waals surface area contributed by atoms with Gasteiger partial charge in [-0.3, -0.25) is 0 Å². The van der Waals surface area contributed by atoms with Crippen molar-refractivity contribution >= 4 is 12.0 Å². The molecule has 1 aliphatic heterocycles. The lowest BCUT2D eigenvalue weighted by Crippen LogP contribution is -2.52. The highest BCUT2D eigenvalue weighted by Crippen LogP contribution is 2.19. The monoisotopic (exact) mass is 270 g/mol. The fraction of sp³-hybridized carbons (Fsp3) is 0.857. The minimum absolute atomic E-state index is 0.117. The van der Waals surface area contributed by atoms with E-state index in [1.807, 2.05) is 4.90 Å². The van der Waals surface area contributed by atoms with Gasteiger partial charge in [0, 0.05) is 12.6 Å². The van der Waals surface area contributed by atoms with Gasteiger partial charge < -0.3 is 15.3 Å². The van der Waals surface area contributed by atoms with Gasteiger partial charge in [-0.15, -0.1) is 0 Å². The quantitative estimate of drug-likeness (QED) is 0.824. The Morgan fingerprint density at radius 2 is 2.00 bits per heavy atom. The van der Waals surface area contributed by atoms with E-state index in [9.17, 15) is 9.59 Å². The summed E-state index contributed by atoms with van der Waals surface area (Å²) in [6.07, 6.45) is 5.24. The van der Waals surface area contributed by atoms with Crippen molar-refractivity contribution in [3.63, 3.8) is 0 Å². The Morgan fingerprint density at radius 1 is 1.32 bits per heavy atom. The fourth-order valence-corrected chi connectivity index (χ4v) is 2.60. The molecule has 5 heteroatoms. The second-order valence-corrected chi connectivity index (χ2v) is 5.61. The molecule has 0 spiro atoms. The first-order chi connectivity index (χ1) is 8.97. The smallest absolute Gasteiger partial charge is 0.326 e. The molecule has 0 aromatic heterocycles. The summed E-state index contributed by atoms with van der Waals surface area (Å²) in [6, 6.07) is -0.799. The summed E-state index contributed by atoms with van der Waals surface area (Å²) in [6.45, 7) is 6.42. The molecule has 0 aromatic carbocycles. The number of rotatable bonds is 4. The number of urea groups is 1. The van der Waals surface area contributed by atoms with Crippen LogP contribution in [0.5, 0.6) is 0 Å². The minimum atomic E-state index is -0.966. The highest BCUT2D eigenvalue weighted by molar-refractivity contribution is 5.83. The van der Waals surface area contributed by atoms with Crippen molar-refractivity contribution in [2.45, 2.75) is 65.0 Å². The molecule has 1 heterocycles. The number of hydrogen-bond acceptors (Lipinski definition) is 2. The van der Waals surface area contributed by atoms with E-state index in [0.717, 1.165) is 38.6 Å². The number of nitrogens with zero attached hydrogens (tertiary/aromatic N) is 1. The van der Waals surface area contributed by atoms with Gasteiger partial charge in [0.25, 0.3) is 0 Å². The van der Waals surface area contributed by atoms with Crippen molar-refractivity contribution in [1.82, 2.24) is 10.2 Å². The Labute approximate surface area is 115 Å². The SMILES string of the molecule is CCC1CCCCCN1C(=O)NC(C(=O)O)C(C)C. The van der Waals surface area contributed by atoms with Gasteiger partial charge in [-0.05, 0) is 25.2 Å². The third-order valence-corrected chi connectivity index (χ3v) is 3.82. The Balaban J connectivity index is 2.70. The molecule has 1 aliphatic rings. The Hall–Kier alpha value is -1.26. The topological polar surface area (TPSA) is 69.6 Å². The summed E-state index contributed by atoms with van der Waals surface area (Å²) in [5, 5.41) is 11.8. The molecular formula is C14H26N2O3. The largest absolute Gasteiger partial charge is 0.480 e. The Kier molecular flexibility index (Phi) is 6.12. The van der Waals surface area contributed by atoms with Crippen LogP contribution in [0.4, 0.5) is 4.79 Å². The molecular weight excluding hydrogens is 244 g/mol. The fourth-order valence-electron chi connectivity index (χ4n) is 2.60. The van der Waals surface area contributed by atoms with Gasteiger partial charge in [-0.25, -0.2) is 9.59 Å². The third kappa shape index (κ3) is 4.40. The van der Waals surface area contributed by atoms with E-state index in [4.69, 9.17) is 5.11 Å². The highest BCUT2D eigenvalue weighted by Gasteiger charge is 2.29. The number of carbonyl (C=O) groups excluding carboxylic acids is 1. The molecule has 2 atom stereocenters. The molecule has 110 valence electrons. The molecule has 1 rings (SSSR count). The van der Waals surface area contributed by atoms with Gasteiger partial charge in [0.15, 0.2) is 0 Å².